The van der Waals surface area contributed by atoms with Gasteiger partial charge in [0.15, 0.2) is 5.88 Å². The molecule has 0 atom stereocenters. The molecule has 0 spiro atoms. The highest BCUT2D eigenvalue weighted by atomic mass is 16.3. The molecule has 0 radical (unpaired) electrons. The van der Waals surface area contributed by atoms with Crippen LogP contribution in [0.15, 0.2) is 4.79 Å². The molecular weight excluding hydrogens is 184 g/mol. The van der Waals surface area contributed by atoms with E-state index in [1.165, 1.54) is 14.0 Å². The minimum Gasteiger partial charge on any atom is -0.494 e. The zero-order valence-corrected chi connectivity index (χ0v) is 7.90. The first-order valence-corrected chi connectivity index (χ1v) is 3.97. The molecule has 1 aromatic rings. The molecule has 74 valence electrons. The molecule has 0 saturated heterocycles. The van der Waals surface area contributed by atoms with Crippen molar-refractivity contribution < 1.29 is 10.2 Å². The van der Waals surface area contributed by atoms with Crippen LogP contribution in [0.2, 0.25) is 0 Å². The smallest absolute Gasteiger partial charge is 0.271 e. The first kappa shape index (κ1) is 10.3. The van der Waals surface area contributed by atoms with Crippen LogP contribution in [0, 0.1) is 18.3 Å². The van der Waals surface area contributed by atoms with E-state index in [1.54, 1.807) is 6.07 Å². The van der Waals surface area contributed by atoms with Gasteiger partial charge in [-0.1, -0.05) is 0 Å². The van der Waals surface area contributed by atoms with Gasteiger partial charge in [-0.25, -0.2) is 0 Å². The van der Waals surface area contributed by atoms with Crippen LogP contribution in [0.1, 0.15) is 16.7 Å². The lowest BCUT2D eigenvalue weighted by molar-refractivity contribution is 0.270. The quantitative estimate of drug-likeness (QED) is 0.646. The van der Waals surface area contributed by atoms with E-state index in [9.17, 15) is 9.90 Å². The van der Waals surface area contributed by atoms with Crippen LogP contribution >= 0.6 is 0 Å². The molecule has 0 saturated carbocycles. The summed E-state index contributed by atoms with van der Waals surface area (Å²) in [6, 6.07) is 1.75. The minimum absolute atomic E-state index is 0.0469. The molecule has 0 unspecified atom stereocenters. The third-order valence-electron chi connectivity index (χ3n) is 2.20. The fourth-order valence-electron chi connectivity index (χ4n) is 1.27. The highest BCUT2D eigenvalue weighted by molar-refractivity contribution is 5.44. The van der Waals surface area contributed by atoms with Crippen molar-refractivity contribution >= 4 is 0 Å². The van der Waals surface area contributed by atoms with Gasteiger partial charge in [0.1, 0.15) is 11.6 Å². The number of hydrogen-bond acceptors (Lipinski definition) is 4. The number of aliphatic hydroxyl groups excluding tert-OH is 1. The van der Waals surface area contributed by atoms with Gasteiger partial charge in [-0.2, -0.15) is 5.26 Å². The molecule has 0 fully saturated rings. The van der Waals surface area contributed by atoms with E-state index < -0.39 is 12.2 Å². The molecule has 14 heavy (non-hydrogen) atoms. The second kappa shape index (κ2) is 3.52. The average molecular weight is 194 g/mol. The summed E-state index contributed by atoms with van der Waals surface area (Å²) < 4.78 is 0.942. The zero-order chi connectivity index (χ0) is 10.9. The minimum atomic E-state index is -0.556. The summed E-state index contributed by atoms with van der Waals surface area (Å²) >= 11 is 0. The Labute approximate surface area is 80.5 Å². The van der Waals surface area contributed by atoms with Gasteiger partial charge >= 0.3 is 0 Å². The van der Waals surface area contributed by atoms with Crippen LogP contribution in [0.5, 0.6) is 5.88 Å². The van der Waals surface area contributed by atoms with Gasteiger partial charge in [0.25, 0.3) is 5.56 Å². The number of aromatic hydroxyl groups is 1. The average Bonchev–Trinajstić information content (AvgIpc) is 2.16. The molecule has 0 amide bonds. The van der Waals surface area contributed by atoms with Gasteiger partial charge in [0, 0.05) is 12.6 Å². The Balaban J connectivity index is 3.76. The summed E-state index contributed by atoms with van der Waals surface area (Å²) in [4.78, 5) is 11.4. The molecule has 0 aliphatic rings. The highest BCUT2D eigenvalue weighted by Gasteiger charge is 2.15. The van der Waals surface area contributed by atoms with Crippen molar-refractivity contribution in [1.82, 2.24) is 4.57 Å². The normalized spacial score (nSPS) is 9.86. The standard InChI is InChI=1S/C9H10N2O3/c1-5-6(3-10)8(13)11(2)9(14)7(5)4-12/h12,14H,4H2,1-2H3. The number of aliphatic hydroxyl groups is 1. The Morgan fingerprint density at radius 2 is 2.14 bits per heavy atom. The van der Waals surface area contributed by atoms with E-state index in [1.807, 2.05) is 0 Å². The lowest BCUT2D eigenvalue weighted by Gasteiger charge is -2.10. The second-order valence-electron chi connectivity index (χ2n) is 2.94. The van der Waals surface area contributed by atoms with Crippen LogP contribution in [-0.2, 0) is 13.7 Å². The number of nitriles is 1. The Hall–Kier alpha value is -1.80. The Morgan fingerprint density at radius 1 is 1.57 bits per heavy atom. The Bertz CT molecular complexity index is 468. The van der Waals surface area contributed by atoms with Crippen LogP contribution in [0.3, 0.4) is 0 Å². The third-order valence-corrected chi connectivity index (χ3v) is 2.20. The van der Waals surface area contributed by atoms with Gasteiger partial charge in [0.2, 0.25) is 0 Å². The fourth-order valence-corrected chi connectivity index (χ4v) is 1.27. The summed E-state index contributed by atoms with van der Waals surface area (Å²) in [5, 5.41) is 27.1. The number of rotatable bonds is 1. The molecule has 5 heteroatoms. The van der Waals surface area contributed by atoms with Gasteiger partial charge in [0.05, 0.1) is 6.61 Å². The van der Waals surface area contributed by atoms with Gasteiger partial charge < -0.3 is 10.2 Å². The second-order valence-corrected chi connectivity index (χ2v) is 2.94. The third kappa shape index (κ3) is 1.26. The summed E-state index contributed by atoms with van der Waals surface area (Å²) in [7, 11) is 1.34. The Morgan fingerprint density at radius 3 is 2.57 bits per heavy atom. The van der Waals surface area contributed by atoms with Crippen LogP contribution in [0.4, 0.5) is 0 Å². The van der Waals surface area contributed by atoms with Crippen molar-refractivity contribution in [3.8, 4) is 11.9 Å². The van der Waals surface area contributed by atoms with Gasteiger partial charge in [-0.05, 0) is 12.5 Å². The number of aromatic nitrogens is 1. The van der Waals surface area contributed by atoms with E-state index in [4.69, 9.17) is 10.4 Å². The van der Waals surface area contributed by atoms with E-state index in [0.717, 1.165) is 4.57 Å². The predicted molar refractivity (Wildman–Crippen MR) is 48.7 cm³/mol. The van der Waals surface area contributed by atoms with Crippen molar-refractivity contribution in [2.24, 2.45) is 7.05 Å². The maximum atomic E-state index is 11.4. The summed E-state index contributed by atoms with van der Waals surface area (Å²) in [6.45, 7) is 1.12. The molecule has 0 aliphatic carbocycles. The zero-order valence-electron chi connectivity index (χ0n) is 7.90. The van der Waals surface area contributed by atoms with Crippen molar-refractivity contribution in [2.45, 2.75) is 13.5 Å². The van der Waals surface area contributed by atoms with Crippen LogP contribution in [0.25, 0.3) is 0 Å². The molecule has 1 aromatic heterocycles. The lowest BCUT2D eigenvalue weighted by Crippen LogP contribution is -2.22. The van der Waals surface area contributed by atoms with E-state index in [2.05, 4.69) is 0 Å². The summed E-state index contributed by atoms with van der Waals surface area (Å²) in [5.41, 5.74) is -0.0618. The summed E-state index contributed by atoms with van der Waals surface area (Å²) in [6.07, 6.45) is 0. The molecule has 0 aromatic carbocycles. The van der Waals surface area contributed by atoms with Gasteiger partial charge in [-0.3, -0.25) is 9.36 Å². The highest BCUT2D eigenvalue weighted by Crippen LogP contribution is 2.19. The van der Waals surface area contributed by atoms with E-state index in [0.29, 0.717) is 5.56 Å². The predicted octanol–water partition coefficient (Wildman–Crippen LogP) is -0.237. The topological polar surface area (TPSA) is 86.2 Å². The number of hydrogen-bond donors (Lipinski definition) is 2. The molecule has 0 aliphatic heterocycles. The maximum Gasteiger partial charge on any atom is 0.271 e. The SMILES string of the molecule is Cc1c(CO)c(O)n(C)c(=O)c1C#N. The number of pyridine rings is 1. The van der Waals surface area contributed by atoms with Crippen molar-refractivity contribution in [3.63, 3.8) is 0 Å². The van der Waals surface area contributed by atoms with Crippen molar-refractivity contribution in [1.29, 1.82) is 5.26 Å². The molecule has 1 heterocycles. The van der Waals surface area contributed by atoms with Crippen molar-refractivity contribution in [2.75, 3.05) is 0 Å². The van der Waals surface area contributed by atoms with Gasteiger partial charge in [-0.15, -0.1) is 0 Å². The molecule has 1 rings (SSSR count). The first-order valence-electron chi connectivity index (χ1n) is 3.97. The molecule has 2 N–H and O–H groups in total. The van der Waals surface area contributed by atoms with Crippen LogP contribution < -0.4 is 5.56 Å². The first-order chi connectivity index (χ1) is 6.54. The van der Waals surface area contributed by atoms with Crippen LogP contribution in [-0.4, -0.2) is 14.8 Å². The monoisotopic (exact) mass is 194 g/mol. The molecule has 5 nitrogen and oxygen atoms in total. The molecular formula is C9H10N2O3. The van der Waals surface area contributed by atoms with E-state index >= 15 is 0 Å². The fraction of sp³-hybridized carbons (Fsp3) is 0.333. The molecule has 0 bridgehead atoms. The van der Waals surface area contributed by atoms with E-state index in [-0.39, 0.29) is 17.0 Å². The number of nitrogens with zero attached hydrogens (tertiary/aromatic N) is 2. The lowest BCUT2D eigenvalue weighted by atomic mass is 10.1. The van der Waals surface area contributed by atoms with Crippen molar-refractivity contribution in [3.05, 3.63) is 27.0 Å². The largest absolute Gasteiger partial charge is 0.494 e. The maximum absolute atomic E-state index is 11.4. The summed E-state index contributed by atoms with van der Waals surface area (Å²) in [5.74, 6) is -0.297. The Kier molecular flexibility index (Phi) is 2.58.